The first-order valence-corrected chi connectivity index (χ1v) is 7.21. The van der Waals surface area contributed by atoms with Crippen LogP contribution in [0.2, 0.25) is 0 Å². The number of halogens is 1. The van der Waals surface area contributed by atoms with E-state index in [-0.39, 0.29) is 5.91 Å². The van der Waals surface area contributed by atoms with Crippen molar-refractivity contribution in [3.63, 3.8) is 0 Å². The van der Waals surface area contributed by atoms with E-state index in [1.54, 1.807) is 16.7 Å². The van der Waals surface area contributed by atoms with Crippen molar-refractivity contribution in [3.05, 3.63) is 20.8 Å². The molecule has 1 rings (SSSR count). The first-order valence-electron chi connectivity index (χ1n) is 4.14. The zero-order chi connectivity index (χ0) is 10.6. The van der Waals surface area contributed by atoms with Crippen molar-refractivity contribution in [2.45, 2.75) is 0 Å². The standard InChI is InChI=1S/C9H12BrNOS2/c1-11(4-6-13-2)9(12)8-7(10)3-5-14-8/h3,5H,4,6H2,1-2H3. The van der Waals surface area contributed by atoms with Crippen LogP contribution in [0.5, 0.6) is 0 Å². The van der Waals surface area contributed by atoms with E-state index in [9.17, 15) is 4.79 Å². The molecule has 0 radical (unpaired) electrons. The number of amides is 1. The van der Waals surface area contributed by atoms with Crippen molar-refractivity contribution in [1.29, 1.82) is 0 Å². The van der Waals surface area contributed by atoms with Gasteiger partial charge in [0.1, 0.15) is 4.88 Å². The molecule has 5 heteroatoms. The highest BCUT2D eigenvalue weighted by atomic mass is 79.9. The summed E-state index contributed by atoms with van der Waals surface area (Å²) in [6.07, 6.45) is 2.04. The normalized spacial score (nSPS) is 10.2. The zero-order valence-corrected chi connectivity index (χ0v) is 11.3. The lowest BCUT2D eigenvalue weighted by Crippen LogP contribution is -2.28. The molecular formula is C9H12BrNOS2. The van der Waals surface area contributed by atoms with E-state index in [0.29, 0.717) is 0 Å². The predicted octanol–water partition coefficient (Wildman–Crippen LogP) is 2.95. The monoisotopic (exact) mass is 293 g/mol. The highest BCUT2D eigenvalue weighted by Crippen LogP contribution is 2.23. The molecule has 14 heavy (non-hydrogen) atoms. The molecule has 0 aromatic carbocycles. The minimum Gasteiger partial charge on any atom is -0.340 e. The van der Waals surface area contributed by atoms with E-state index in [2.05, 4.69) is 15.9 Å². The highest BCUT2D eigenvalue weighted by molar-refractivity contribution is 9.10. The van der Waals surface area contributed by atoms with Crippen molar-refractivity contribution in [3.8, 4) is 0 Å². The van der Waals surface area contributed by atoms with Gasteiger partial charge in [0.25, 0.3) is 5.91 Å². The fourth-order valence-corrected chi connectivity index (χ4v) is 2.94. The molecule has 0 saturated heterocycles. The van der Waals surface area contributed by atoms with Crippen LogP contribution in [-0.4, -0.2) is 36.4 Å². The van der Waals surface area contributed by atoms with Crippen molar-refractivity contribution < 1.29 is 4.79 Å². The van der Waals surface area contributed by atoms with Crippen LogP contribution in [0.25, 0.3) is 0 Å². The SMILES string of the molecule is CSCCN(C)C(=O)c1sccc1Br. The van der Waals surface area contributed by atoms with Gasteiger partial charge in [-0.15, -0.1) is 11.3 Å². The van der Waals surface area contributed by atoms with Crippen molar-refractivity contribution in [2.75, 3.05) is 25.6 Å². The van der Waals surface area contributed by atoms with Gasteiger partial charge in [0.2, 0.25) is 0 Å². The second kappa shape index (κ2) is 5.78. The van der Waals surface area contributed by atoms with Crippen LogP contribution >= 0.6 is 39.0 Å². The Morgan fingerprint density at radius 1 is 1.71 bits per heavy atom. The summed E-state index contributed by atoms with van der Waals surface area (Å²) < 4.78 is 0.892. The zero-order valence-electron chi connectivity index (χ0n) is 8.12. The number of thioether (sulfide) groups is 1. The molecule has 0 aliphatic rings. The fourth-order valence-electron chi connectivity index (χ4n) is 0.949. The number of carbonyl (C=O) groups is 1. The maximum atomic E-state index is 11.8. The molecule has 0 fully saturated rings. The lowest BCUT2D eigenvalue weighted by atomic mass is 10.4. The molecule has 0 aliphatic carbocycles. The minimum atomic E-state index is 0.0981. The van der Waals surface area contributed by atoms with Gasteiger partial charge in [-0.1, -0.05) is 0 Å². The van der Waals surface area contributed by atoms with E-state index < -0.39 is 0 Å². The minimum absolute atomic E-state index is 0.0981. The Hall–Kier alpha value is -0.000000000000000111. The van der Waals surface area contributed by atoms with Crippen LogP contribution in [-0.2, 0) is 0 Å². The Kier molecular flexibility index (Phi) is 4.98. The third-order valence-corrected chi connectivity index (χ3v) is 4.21. The number of nitrogens with zero attached hydrogens (tertiary/aromatic N) is 1. The maximum absolute atomic E-state index is 11.8. The van der Waals surface area contributed by atoms with Crippen molar-refractivity contribution >= 4 is 44.9 Å². The second-order valence-corrected chi connectivity index (χ2v) is 5.57. The van der Waals surface area contributed by atoms with Crippen molar-refractivity contribution in [2.24, 2.45) is 0 Å². The molecule has 0 atom stereocenters. The Balaban J connectivity index is 2.61. The molecule has 0 unspecified atom stereocenters. The molecule has 0 spiro atoms. The average Bonchev–Trinajstić information content (AvgIpc) is 2.59. The summed E-state index contributed by atoms with van der Waals surface area (Å²) in [6.45, 7) is 0.796. The lowest BCUT2D eigenvalue weighted by Gasteiger charge is -2.15. The molecule has 0 aliphatic heterocycles. The summed E-state index contributed by atoms with van der Waals surface area (Å²) in [5.41, 5.74) is 0. The van der Waals surface area contributed by atoms with Crippen LogP contribution in [0.15, 0.2) is 15.9 Å². The molecule has 1 amide bonds. The first-order chi connectivity index (χ1) is 6.66. The number of rotatable bonds is 4. The largest absolute Gasteiger partial charge is 0.340 e. The lowest BCUT2D eigenvalue weighted by molar-refractivity contribution is 0.0807. The summed E-state index contributed by atoms with van der Waals surface area (Å²) in [5.74, 6) is 1.08. The summed E-state index contributed by atoms with van der Waals surface area (Å²) in [4.78, 5) is 14.4. The van der Waals surface area contributed by atoms with E-state index in [0.717, 1.165) is 21.6 Å². The van der Waals surface area contributed by atoms with Crippen molar-refractivity contribution in [1.82, 2.24) is 4.90 Å². The second-order valence-electron chi connectivity index (χ2n) is 2.82. The van der Waals surface area contributed by atoms with Gasteiger partial charge in [0.15, 0.2) is 0 Å². The predicted molar refractivity (Wildman–Crippen MR) is 67.4 cm³/mol. The van der Waals surface area contributed by atoms with Crippen LogP contribution < -0.4 is 0 Å². The quantitative estimate of drug-likeness (QED) is 0.851. The molecule has 1 aromatic rings. The summed E-state index contributed by atoms with van der Waals surface area (Å²) >= 11 is 6.58. The number of hydrogen-bond acceptors (Lipinski definition) is 3. The molecule has 1 aromatic heterocycles. The first kappa shape index (κ1) is 12.1. The molecular weight excluding hydrogens is 282 g/mol. The molecule has 0 N–H and O–H groups in total. The molecule has 1 heterocycles. The van der Waals surface area contributed by atoms with E-state index in [1.807, 2.05) is 24.7 Å². The third kappa shape index (κ3) is 3.00. The summed E-state index contributed by atoms with van der Waals surface area (Å²) in [7, 11) is 1.84. The van der Waals surface area contributed by atoms with Gasteiger partial charge in [0.05, 0.1) is 0 Å². The Morgan fingerprint density at radius 3 is 2.93 bits per heavy atom. The Bertz CT molecular complexity index is 314. The van der Waals surface area contributed by atoms with Crippen LogP contribution in [0.1, 0.15) is 9.67 Å². The molecule has 0 saturated carbocycles. The maximum Gasteiger partial charge on any atom is 0.264 e. The Labute approximate surface area is 101 Å². The molecule has 2 nitrogen and oxygen atoms in total. The Morgan fingerprint density at radius 2 is 2.43 bits per heavy atom. The fraction of sp³-hybridized carbons (Fsp3) is 0.444. The van der Waals surface area contributed by atoms with Gasteiger partial charge in [-0.25, -0.2) is 0 Å². The third-order valence-electron chi connectivity index (χ3n) is 1.79. The van der Waals surface area contributed by atoms with Crippen LogP contribution in [0.3, 0.4) is 0 Å². The number of hydrogen-bond donors (Lipinski definition) is 0. The summed E-state index contributed by atoms with van der Waals surface area (Å²) in [6, 6.07) is 1.90. The van der Waals surface area contributed by atoms with Crippen LogP contribution in [0, 0.1) is 0 Å². The number of carbonyl (C=O) groups excluding carboxylic acids is 1. The van der Waals surface area contributed by atoms with Gasteiger partial charge in [-0.2, -0.15) is 11.8 Å². The van der Waals surface area contributed by atoms with Gasteiger partial charge in [-0.05, 0) is 33.6 Å². The molecule has 0 bridgehead atoms. The smallest absolute Gasteiger partial charge is 0.264 e. The van der Waals surface area contributed by atoms with E-state index in [4.69, 9.17) is 0 Å². The molecule has 78 valence electrons. The van der Waals surface area contributed by atoms with Gasteiger partial charge >= 0.3 is 0 Å². The van der Waals surface area contributed by atoms with Gasteiger partial charge < -0.3 is 4.90 Å². The average molecular weight is 294 g/mol. The summed E-state index contributed by atoms with van der Waals surface area (Å²) in [5, 5.41) is 1.92. The number of thiophene rings is 1. The highest BCUT2D eigenvalue weighted by Gasteiger charge is 2.15. The van der Waals surface area contributed by atoms with E-state index in [1.165, 1.54) is 11.3 Å². The van der Waals surface area contributed by atoms with Gasteiger partial charge in [0, 0.05) is 23.8 Å². The van der Waals surface area contributed by atoms with E-state index >= 15 is 0 Å². The topological polar surface area (TPSA) is 20.3 Å². The van der Waals surface area contributed by atoms with Crippen LogP contribution in [0.4, 0.5) is 0 Å². The van der Waals surface area contributed by atoms with Gasteiger partial charge in [-0.3, -0.25) is 4.79 Å².